The molecular weight excluding hydrogens is 363 g/mol. The van der Waals surface area contributed by atoms with Gasteiger partial charge in [-0.15, -0.1) is 10.2 Å². The molecule has 2 aromatic carbocycles. The van der Waals surface area contributed by atoms with Crippen LogP contribution in [-0.2, 0) is 6.54 Å². The van der Waals surface area contributed by atoms with E-state index >= 15 is 0 Å². The molecule has 1 aromatic heterocycles. The SMILES string of the molecule is CCCSc1nnc(CNC(=O)c2ccccc2F)n1-c1cccc(C)c1. The Hall–Kier alpha value is -2.67. The van der Waals surface area contributed by atoms with Crippen molar-refractivity contribution in [2.24, 2.45) is 0 Å². The number of halogens is 1. The van der Waals surface area contributed by atoms with Gasteiger partial charge in [0.05, 0.1) is 12.1 Å². The highest BCUT2D eigenvalue weighted by atomic mass is 32.2. The van der Waals surface area contributed by atoms with Crippen molar-refractivity contribution in [3.63, 3.8) is 0 Å². The van der Waals surface area contributed by atoms with Crippen LogP contribution >= 0.6 is 11.8 Å². The number of hydrogen-bond donors (Lipinski definition) is 1. The van der Waals surface area contributed by atoms with Gasteiger partial charge in [-0.05, 0) is 43.2 Å². The number of carbonyl (C=O) groups excluding carboxylic acids is 1. The normalized spacial score (nSPS) is 10.8. The number of benzene rings is 2. The molecule has 3 aromatic rings. The lowest BCUT2D eigenvalue weighted by atomic mass is 10.2. The van der Waals surface area contributed by atoms with E-state index in [0.29, 0.717) is 5.82 Å². The summed E-state index contributed by atoms with van der Waals surface area (Å²) in [5.41, 5.74) is 2.07. The standard InChI is InChI=1S/C20H21FN4OS/c1-3-11-27-20-24-23-18(25(20)15-8-6-7-14(2)12-15)13-22-19(26)16-9-4-5-10-17(16)21/h4-10,12H,3,11,13H2,1-2H3,(H,22,26). The molecule has 3 rings (SSSR count). The second-order valence-corrected chi connectivity index (χ2v) is 7.15. The van der Waals surface area contributed by atoms with Gasteiger partial charge in [0.15, 0.2) is 11.0 Å². The maximum Gasteiger partial charge on any atom is 0.254 e. The van der Waals surface area contributed by atoms with Gasteiger partial charge >= 0.3 is 0 Å². The van der Waals surface area contributed by atoms with Crippen LogP contribution in [0.1, 0.15) is 35.1 Å². The first-order valence-corrected chi connectivity index (χ1v) is 9.75. The molecule has 1 N–H and O–H groups in total. The summed E-state index contributed by atoms with van der Waals surface area (Å²) < 4.78 is 15.7. The second-order valence-electron chi connectivity index (χ2n) is 6.08. The topological polar surface area (TPSA) is 59.8 Å². The molecule has 0 bridgehead atoms. The van der Waals surface area contributed by atoms with Crippen molar-refractivity contribution >= 4 is 17.7 Å². The van der Waals surface area contributed by atoms with E-state index in [9.17, 15) is 9.18 Å². The van der Waals surface area contributed by atoms with Crippen LogP contribution in [0.15, 0.2) is 53.7 Å². The number of hydrogen-bond acceptors (Lipinski definition) is 4. The van der Waals surface area contributed by atoms with E-state index in [2.05, 4.69) is 22.4 Å². The lowest BCUT2D eigenvalue weighted by Crippen LogP contribution is -2.25. The van der Waals surface area contributed by atoms with Gasteiger partial charge in [-0.3, -0.25) is 9.36 Å². The van der Waals surface area contributed by atoms with E-state index in [1.807, 2.05) is 35.8 Å². The Kier molecular flexibility index (Phi) is 6.24. The first-order chi connectivity index (χ1) is 13.1. The van der Waals surface area contributed by atoms with E-state index in [0.717, 1.165) is 28.6 Å². The van der Waals surface area contributed by atoms with Crippen LogP contribution in [0, 0.1) is 12.7 Å². The molecule has 0 spiro atoms. The summed E-state index contributed by atoms with van der Waals surface area (Å²) in [6.45, 7) is 4.28. The Bertz CT molecular complexity index is 941. The number of aryl methyl sites for hydroxylation is 1. The third-order valence-corrected chi connectivity index (χ3v) is 5.06. The zero-order valence-electron chi connectivity index (χ0n) is 15.3. The minimum atomic E-state index is -0.547. The molecule has 0 aliphatic heterocycles. The van der Waals surface area contributed by atoms with Gasteiger partial charge in [-0.2, -0.15) is 0 Å². The molecular formula is C20H21FN4OS. The second kappa shape index (κ2) is 8.81. The summed E-state index contributed by atoms with van der Waals surface area (Å²) in [5, 5.41) is 12.0. The fourth-order valence-electron chi connectivity index (χ4n) is 2.63. The van der Waals surface area contributed by atoms with Crippen molar-refractivity contribution < 1.29 is 9.18 Å². The number of aromatic nitrogens is 3. The van der Waals surface area contributed by atoms with Gasteiger partial charge < -0.3 is 5.32 Å². The molecule has 0 radical (unpaired) electrons. The predicted molar refractivity (Wildman–Crippen MR) is 105 cm³/mol. The molecule has 1 amide bonds. The molecule has 0 unspecified atom stereocenters. The summed E-state index contributed by atoms with van der Waals surface area (Å²) in [7, 11) is 0. The Morgan fingerprint density at radius 3 is 2.74 bits per heavy atom. The molecule has 0 saturated carbocycles. The zero-order chi connectivity index (χ0) is 19.2. The molecule has 5 nitrogen and oxygen atoms in total. The predicted octanol–water partition coefficient (Wildman–Crippen LogP) is 4.15. The zero-order valence-corrected chi connectivity index (χ0v) is 16.1. The van der Waals surface area contributed by atoms with Crippen molar-refractivity contribution in [1.82, 2.24) is 20.1 Å². The molecule has 0 saturated heterocycles. The van der Waals surface area contributed by atoms with E-state index in [1.54, 1.807) is 23.9 Å². The molecule has 7 heteroatoms. The van der Waals surface area contributed by atoms with Gasteiger partial charge in [-0.1, -0.05) is 43.0 Å². The number of rotatable bonds is 7. The minimum Gasteiger partial charge on any atom is -0.345 e. The highest BCUT2D eigenvalue weighted by Crippen LogP contribution is 2.23. The fraction of sp³-hybridized carbons (Fsp3) is 0.250. The molecule has 140 valence electrons. The third-order valence-electron chi connectivity index (χ3n) is 3.92. The Labute approximate surface area is 162 Å². The monoisotopic (exact) mass is 384 g/mol. The van der Waals surface area contributed by atoms with E-state index < -0.39 is 11.7 Å². The van der Waals surface area contributed by atoms with Crippen molar-refractivity contribution in [2.75, 3.05) is 5.75 Å². The molecule has 27 heavy (non-hydrogen) atoms. The average molecular weight is 384 g/mol. The fourth-order valence-corrected chi connectivity index (χ4v) is 3.45. The summed E-state index contributed by atoms with van der Waals surface area (Å²) in [6, 6.07) is 13.9. The average Bonchev–Trinajstić information content (AvgIpc) is 3.07. The maximum absolute atomic E-state index is 13.8. The quantitative estimate of drug-likeness (QED) is 0.622. The Morgan fingerprint density at radius 1 is 1.19 bits per heavy atom. The van der Waals surface area contributed by atoms with E-state index in [1.165, 1.54) is 12.1 Å². The van der Waals surface area contributed by atoms with Crippen molar-refractivity contribution in [3.05, 3.63) is 71.3 Å². The molecule has 1 heterocycles. The van der Waals surface area contributed by atoms with Crippen molar-refractivity contribution in [3.8, 4) is 5.69 Å². The highest BCUT2D eigenvalue weighted by molar-refractivity contribution is 7.99. The van der Waals surface area contributed by atoms with Crippen LogP contribution in [0.3, 0.4) is 0 Å². The largest absolute Gasteiger partial charge is 0.345 e. The van der Waals surface area contributed by atoms with Gasteiger partial charge in [0, 0.05) is 11.4 Å². The summed E-state index contributed by atoms with van der Waals surface area (Å²) >= 11 is 1.62. The lowest BCUT2D eigenvalue weighted by molar-refractivity contribution is 0.0945. The number of thioether (sulfide) groups is 1. The number of nitrogens with one attached hydrogen (secondary N) is 1. The van der Waals surface area contributed by atoms with Crippen LogP contribution in [0.5, 0.6) is 0 Å². The molecule has 0 aliphatic carbocycles. The van der Waals surface area contributed by atoms with E-state index in [-0.39, 0.29) is 12.1 Å². The van der Waals surface area contributed by atoms with Crippen LogP contribution in [0.4, 0.5) is 4.39 Å². The highest BCUT2D eigenvalue weighted by Gasteiger charge is 2.16. The first-order valence-electron chi connectivity index (χ1n) is 8.77. The number of carbonyl (C=O) groups is 1. The molecule has 0 fully saturated rings. The van der Waals surface area contributed by atoms with E-state index in [4.69, 9.17) is 0 Å². The van der Waals surface area contributed by atoms with Crippen LogP contribution in [0.2, 0.25) is 0 Å². The smallest absolute Gasteiger partial charge is 0.254 e. The lowest BCUT2D eigenvalue weighted by Gasteiger charge is -2.11. The number of amides is 1. The maximum atomic E-state index is 13.8. The van der Waals surface area contributed by atoms with Crippen LogP contribution in [0.25, 0.3) is 5.69 Å². The van der Waals surface area contributed by atoms with Crippen LogP contribution in [-0.4, -0.2) is 26.4 Å². The van der Waals surface area contributed by atoms with Gasteiger partial charge in [0.1, 0.15) is 5.82 Å². The van der Waals surface area contributed by atoms with Crippen molar-refractivity contribution in [1.29, 1.82) is 0 Å². The van der Waals surface area contributed by atoms with Crippen molar-refractivity contribution in [2.45, 2.75) is 32.0 Å². The summed E-state index contributed by atoms with van der Waals surface area (Å²) in [6.07, 6.45) is 1.02. The first kappa shape index (κ1) is 19.1. The minimum absolute atomic E-state index is 0.0136. The molecule has 0 atom stereocenters. The Balaban J connectivity index is 1.86. The molecule has 0 aliphatic rings. The summed E-state index contributed by atoms with van der Waals surface area (Å²) in [5.74, 6) is 0.499. The number of nitrogens with zero attached hydrogens (tertiary/aromatic N) is 3. The van der Waals surface area contributed by atoms with Gasteiger partial charge in [0.25, 0.3) is 5.91 Å². The van der Waals surface area contributed by atoms with Crippen LogP contribution < -0.4 is 5.32 Å². The summed E-state index contributed by atoms with van der Waals surface area (Å²) in [4.78, 5) is 12.3. The Morgan fingerprint density at radius 2 is 2.00 bits per heavy atom. The third kappa shape index (κ3) is 4.54. The van der Waals surface area contributed by atoms with Gasteiger partial charge in [0.2, 0.25) is 0 Å². The van der Waals surface area contributed by atoms with Gasteiger partial charge in [-0.25, -0.2) is 4.39 Å².